The number of nitrogens with one attached hydrogen (secondary N) is 2. The highest BCUT2D eigenvalue weighted by Gasteiger charge is 2.13. The molecule has 0 saturated carbocycles. The summed E-state index contributed by atoms with van der Waals surface area (Å²) >= 11 is 3.20. The number of nitrogens with zero attached hydrogens (tertiary/aromatic N) is 2. The Morgan fingerprint density at radius 3 is 2.75 bits per heavy atom. The second-order valence-corrected chi connectivity index (χ2v) is 4.66. The van der Waals surface area contributed by atoms with Crippen LogP contribution in [0.1, 0.15) is 10.4 Å². The van der Waals surface area contributed by atoms with Gasteiger partial charge in [-0.2, -0.15) is 0 Å². The number of hydrogen-bond donors (Lipinski definition) is 2. The first-order chi connectivity index (χ1) is 9.58. The fourth-order valence-corrected chi connectivity index (χ4v) is 1.84. The third kappa shape index (κ3) is 3.29. The first kappa shape index (κ1) is 13.9. The highest BCUT2D eigenvalue weighted by molar-refractivity contribution is 9.10. The predicted octanol–water partition coefficient (Wildman–Crippen LogP) is 2.51. The van der Waals surface area contributed by atoms with Crippen LogP contribution >= 0.6 is 15.9 Å². The maximum absolute atomic E-state index is 11.8. The minimum absolute atomic E-state index is 0.125. The van der Waals surface area contributed by atoms with Gasteiger partial charge in [-0.15, -0.1) is 0 Å². The summed E-state index contributed by atoms with van der Waals surface area (Å²) in [6, 6.07) is 7.60. The molecule has 0 saturated heterocycles. The minimum atomic E-state index is -0.533. The van der Waals surface area contributed by atoms with Crippen LogP contribution in [-0.4, -0.2) is 15.8 Å². The van der Waals surface area contributed by atoms with Crippen molar-refractivity contribution in [2.75, 3.05) is 5.43 Å². The fourth-order valence-electron chi connectivity index (χ4n) is 1.47. The van der Waals surface area contributed by atoms with E-state index >= 15 is 0 Å². The van der Waals surface area contributed by atoms with Crippen LogP contribution in [0, 0.1) is 10.1 Å². The van der Waals surface area contributed by atoms with E-state index in [1.807, 2.05) is 0 Å². The van der Waals surface area contributed by atoms with E-state index in [-0.39, 0.29) is 11.4 Å². The van der Waals surface area contributed by atoms with Crippen LogP contribution in [0.2, 0.25) is 0 Å². The largest absolute Gasteiger partial charge is 0.294 e. The molecule has 1 amide bonds. The highest BCUT2D eigenvalue weighted by atomic mass is 79.9. The Hall–Kier alpha value is -2.48. The van der Waals surface area contributed by atoms with Gasteiger partial charge in [0, 0.05) is 22.9 Å². The van der Waals surface area contributed by atoms with Crippen molar-refractivity contribution in [2.45, 2.75) is 0 Å². The Labute approximate surface area is 122 Å². The number of anilines is 1. The molecule has 2 aromatic rings. The second kappa shape index (κ2) is 6.11. The van der Waals surface area contributed by atoms with Gasteiger partial charge in [0.15, 0.2) is 0 Å². The Balaban J connectivity index is 2.09. The Kier molecular flexibility index (Phi) is 4.26. The van der Waals surface area contributed by atoms with E-state index in [0.29, 0.717) is 10.0 Å². The minimum Gasteiger partial charge on any atom is -0.292 e. The van der Waals surface area contributed by atoms with Crippen LogP contribution in [-0.2, 0) is 0 Å². The summed E-state index contributed by atoms with van der Waals surface area (Å²) in [5, 5.41) is 10.8. The van der Waals surface area contributed by atoms with Crippen LogP contribution in [0.25, 0.3) is 0 Å². The predicted molar refractivity (Wildman–Crippen MR) is 76.1 cm³/mol. The Morgan fingerprint density at radius 2 is 2.05 bits per heavy atom. The van der Waals surface area contributed by atoms with Crippen LogP contribution in [0.4, 0.5) is 11.4 Å². The number of nitro benzene ring substituents is 1. The van der Waals surface area contributed by atoms with Gasteiger partial charge in [-0.1, -0.05) is 12.1 Å². The Bertz CT molecular complexity index is 663. The molecule has 2 rings (SSSR count). The monoisotopic (exact) mass is 336 g/mol. The molecule has 2 N–H and O–H groups in total. The number of halogens is 1. The van der Waals surface area contributed by atoms with Crippen molar-refractivity contribution in [3.05, 3.63) is 62.9 Å². The number of rotatable bonds is 4. The van der Waals surface area contributed by atoms with E-state index in [0.717, 1.165) is 0 Å². The molecule has 7 nitrogen and oxygen atoms in total. The highest BCUT2D eigenvalue weighted by Crippen LogP contribution is 2.22. The zero-order valence-corrected chi connectivity index (χ0v) is 11.6. The van der Waals surface area contributed by atoms with Crippen molar-refractivity contribution in [1.29, 1.82) is 0 Å². The molecule has 1 aromatic heterocycles. The summed E-state index contributed by atoms with van der Waals surface area (Å²) in [5.41, 5.74) is 5.31. The molecule has 0 fully saturated rings. The van der Waals surface area contributed by atoms with E-state index in [1.54, 1.807) is 24.4 Å². The number of carbonyl (C=O) groups is 1. The number of pyridine rings is 1. The molecule has 0 radical (unpaired) electrons. The molecule has 0 spiro atoms. The van der Waals surface area contributed by atoms with Crippen molar-refractivity contribution >= 4 is 33.2 Å². The molecule has 0 aliphatic heterocycles. The van der Waals surface area contributed by atoms with Crippen molar-refractivity contribution < 1.29 is 9.72 Å². The van der Waals surface area contributed by atoms with Gasteiger partial charge in [-0.25, -0.2) is 0 Å². The zero-order valence-electron chi connectivity index (χ0n) is 10.0. The Morgan fingerprint density at radius 1 is 1.30 bits per heavy atom. The number of aromatic nitrogens is 1. The molecular weight excluding hydrogens is 328 g/mol. The van der Waals surface area contributed by atoms with Gasteiger partial charge in [-0.3, -0.25) is 30.7 Å². The standard InChI is InChI=1S/C12H9BrN4O3/c13-9-5-8(6-14-7-9)12(18)16-15-10-3-1-2-4-11(10)17(19)20/h1-7,15H,(H,16,18). The normalized spacial score (nSPS) is 9.85. The van der Waals surface area contributed by atoms with Gasteiger partial charge >= 0.3 is 0 Å². The fraction of sp³-hybridized carbons (Fsp3) is 0. The average molecular weight is 337 g/mol. The summed E-state index contributed by atoms with van der Waals surface area (Å²) in [6.45, 7) is 0. The van der Waals surface area contributed by atoms with E-state index in [9.17, 15) is 14.9 Å². The van der Waals surface area contributed by atoms with Gasteiger partial charge in [0.05, 0.1) is 10.5 Å². The molecule has 1 aromatic carbocycles. The molecule has 20 heavy (non-hydrogen) atoms. The third-order valence-electron chi connectivity index (χ3n) is 2.38. The van der Waals surface area contributed by atoms with E-state index in [1.165, 1.54) is 18.3 Å². The maximum Gasteiger partial charge on any atom is 0.294 e. The van der Waals surface area contributed by atoms with Crippen molar-refractivity contribution in [3.63, 3.8) is 0 Å². The lowest BCUT2D eigenvalue weighted by molar-refractivity contribution is -0.384. The van der Waals surface area contributed by atoms with Crippen LogP contribution in [0.5, 0.6) is 0 Å². The van der Waals surface area contributed by atoms with Gasteiger partial charge in [0.2, 0.25) is 0 Å². The maximum atomic E-state index is 11.8. The number of nitro groups is 1. The second-order valence-electron chi connectivity index (χ2n) is 3.75. The topological polar surface area (TPSA) is 97.2 Å². The molecular formula is C12H9BrN4O3. The molecule has 102 valence electrons. The molecule has 0 atom stereocenters. The SMILES string of the molecule is O=C(NNc1ccccc1[N+](=O)[O-])c1cncc(Br)c1. The lowest BCUT2D eigenvalue weighted by atomic mass is 10.2. The van der Waals surface area contributed by atoms with E-state index in [4.69, 9.17) is 0 Å². The van der Waals surface area contributed by atoms with Crippen LogP contribution in [0.15, 0.2) is 47.2 Å². The molecule has 0 aliphatic rings. The molecule has 1 heterocycles. The summed E-state index contributed by atoms with van der Waals surface area (Å²) < 4.78 is 0.663. The van der Waals surface area contributed by atoms with Gasteiger partial charge < -0.3 is 0 Å². The first-order valence-corrected chi connectivity index (χ1v) is 6.27. The van der Waals surface area contributed by atoms with Crippen LogP contribution < -0.4 is 10.9 Å². The number of hydrogen-bond acceptors (Lipinski definition) is 5. The van der Waals surface area contributed by atoms with Crippen LogP contribution in [0.3, 0.4) is 0 Å². The van der Waals surface area contributed by atoms with Crippen molar-refractivity contribution in [3.8, 4) is 0 Å². The van der Waals surface area contributed by atoms with Gasteiger partial charge in [-0.05, 0) is 28.1 Å². The van der Waals surface area contributed by atoms with Gasteiger partial charge in [0.25, 0.3) is 11.6 Å². The molecule has 0 aliphatic carbocycles. The lowest BCUT2D eigenvalue weighted by Crippen LogP contribution is -2.29. The number of benzene rings is 1. The van der Waals surface area contributed by atoms with E-state index in [2.05, 4.69) is 31.8 Å². The third-order valence-corrected chi connectivity index (χ3v) is 2.81. The number of amides is 1. The average Bonchev–Trinajstić information content (AvgIpc) is 2.45. The quantitative estimate of drug-likeness (QED) is 0.660. The van der Waals surface area contributed by atoms with E-state index < -0.39 is 10.8 Å². The zero-order chi connectivity index (χ0) is 14.5. The molecule has 0 unspecified atom stereocenters. The number of carbonyl (C=O) groups excluding carboxylic acids is 1. The van der Waals surface area contributed by atoms with Crippen molar-refractivity contribution in [2.24, 2.45) is 0 Å². The summed E-state index contributed by atoms with van der Waals surface area (Å²) in [4.78, 5) is 26.0. The summed E-state index contributed by atoms with van der Waals surface area (Å²) in [5.74, 6) is -0.447. The summed E-state index contributed by atoms with van der Waals surface area (Å²) in [6.07, 6.45) is 2.94. The van der Waals surface area contributed by atoms with Crippen molar-refractivity contribution in [1.82, 2.24) is 10.4 Å². The lowest BCUT2D eigenvalue weighted by Gasteiger charge is -2.08. The number of para-hydroxylation sites is 2. The summed E-state index contributed by atoms with van der Waals surface area (Å²) in [7, 11) is 0. The van der Waals surface area contributed by atoms with Gasteiger partial charge in [0.1, 0.15) is 5.69 Å². The molecule has 8 heteroatoms. The number of hydrazine groups is 1. The first-order valence-electron chi connectivity index (χ1n) is 5.48. The smallest absolute Gasteiger partial charge is 0.292 e. The molecule has 0 bridgehead atoms.